The van der Waals surface area contributed by atoms with Crippen molar-refractivity contribution in [2.45, 2.75) is 38.6 Å². The van der Waals surface area contributed by atoms with Gasteiger partial charge in [0.15, 0.2) is 0 Å². The van der Waals surface area contributed by atoms with Gasteiger partial charge in [-0.1, -0.05) is 12.1 Å². The van der Waals surface area contributed by atoms with E-state index >= 15 is 0 Å². The third-order valence-corrected chi connectivity index (χ3v) is 5.08. The zero-order valence-electron chi connectivity index (χ0n) is 13.5. The van der Waals surface area contributed by atoms with Gasteiger partial charge in [-0.25, -0.2) is 0 Å². The summed E-state index contributed by atoms with van der Waals surface area (Å²) < 4.78 is 40.3. The van der Waals surface area contributed by atoms with Crippen molar-refractivity contribution in [3.63, 3.8) is 0 Å². The van der Waals surface area contributed by atoms with Gasteiger partial charge in [0.2, 0.25) is 5.91 Å². The van der Waals surface area contributed by atoms with Crippen molar-refractivity contribution >= 4 is 5.91 Å². The highest BCUT2D eigenvalue weighted by Gasteiger charge is 2.57. The average molecular weight is 342 g/mol. The maximum atomic E-state index is 12.4. The van der Waals surface area contributed by atoms with E-state index in [2.05, 4.69) is 15.4 Å². The van der Waals surface area contributed by atoms with Gasteiger partial charge in [0.05, 0.1) is 6.04 Å². The molecule has 2 unspecified atom stereocenters. The molecule has 0 radical (unpaired) electrons. The van der Waals surface area contributed by atoms with Crippen LogP contribution in [0.2, 0.25) is 0 Å². The monoisotopic (exact) mass is 342 g/mol. The molecule has 2 N–H and O–H groups in total. The second kappa shape index (κ2) is 6.27. The van der Waals surface area contributed by atoms with Crippen LogP contribution in [0, 0.1) is 11.3 Å². The summed E-state index contributed by atoms with van der Waals surface area (Å²) in [7, 11) is 0. The maximum Gasteiger partial charge on any atom is 0.573 e. The molecule has 1 aliphatic heterocycles. The molecule has 1 saturated carbocycles. The number of hydrogen-bond acceptors (Lipinski definition) is 3. The lowest BCUT2D eigenvalue weighted by molar-refractivity contribution is -0.274. The first-order valence-electron chi connectivity index (χ1n) is 8.16. The number of amides is 1. The van der Waals surface area contributed by atoms with Crippen LogP contribution in [0.3, 0.4) is 0 Å². The molecule has 2 atom stereocenters. The summed E-state index contributed by atoms with van der Waals surface area (Å²) in [6.45, 7) is 3.75. The molecule has 0 aromatic heterocycles. The van der Waals surface area contributed by atoms with Crippen LogP contribution in [0.1, 0.15) is 37.8 Å². The topological polar surface area (TPSA) is 50.4 Å². The van der Waals surface area contributed by atoms with Crippen LogP contribution in [0.25, 0.3) is 0 Å². The first kappa shape index (κ1) is 17.1. The molecule has 1 heterocycles. The van der Waals surface area contributed by atoms with Crippen LogP contribution < -0.4 is 15.4 Å². The molecule has 1 aliphatic carbocycles. The second-order valence-electron chi connectivity index (χ2n) is 6.72. The molecule has 1 saturated heterocycles. The molecule has 1 spiro atoms. The number of benzene rings is 1. The van der Waals surface area contributed by atoms with Crippen molar-refractivity contribution in [2.75, 3.05) is 13.1 Å². The predicted octanol–water partition coefficient (Wildman–Crippen LogP) is 3.15. The summed E-state index contributed by atoms with van der Waals surface area (Å²) in [5, 5.41) is 6.28. The molecule has 1 amide bonds. The molecular weight excluding hydrogens is 321 g/mol. The van der Waals surface area contributed by atoms with Crippen molar-refractivity contribution in [1.82, 2.24) is 10.6 Å². The molecule has 4 nitrogen and oxygen atoms in total. The van der Waals surface area contributed by atoms with E-state index < -0.39 is 6.36 Å². The Morgan fingerprint density at radius 1 is 1.29 bits per heavy atom. The Morgan fingerprint density at radius 3 is 2.50 bits per heavy atom. The zero-order chi connectivity index (χ0) is 17.4. The number of rotatable bonds is 4. The highest BCUT2D eigenvalue weighted by Crippen LogP contribution is 2.58. The summed E-state index contributed by atoms with van der Waals surface area (Å²) in [5.41, 5.74) is 0.914. The van der Waals surface area contributed by atoms with Crippen molar-refractivity contribution in [1.29, 1.82) is 0 Å². The molecule has 1 aromatic rings. The molecule has 2 aliphatic rings. The molecule has 132 valence electrons. The minimum atomic E-state index is -4.70. The summed E-state index contributed by atoms with van der Waals surface area (Å²) in [6, 6.07) is 5.35. The Kier molecular flexibility index (Phi) is 4.46. The quantitative estimate of drug-likeness (QED) is 0.884. The maximum absolute atomic E-state index is 12.4. The molecule has 1 aromatic carbocycles. The molecule has 0 bridgehead atoms. The van der Waals surface area contributed by atoms with Crippen LogP contribution >= 0.6 is 0 Å². The Balaban J connectivity index is 1.55. The Labute approximate surface area is 138 Å². The van der Waals surface area contributed by atoms with Gasteiger partial charge < -0.3 is 15.4 Å². The number of alkyl halides is 3. The van der Waals surface area contributed by atoms with Gasteiger partial charge in [-0.15, -0.1) is 13.2 Å². The SMILES string of the molecule is CC(NC(=O)C1CC12CCNCC2)c1ccc(OC(F)(F)F)cc1. The fourth-order valence-corrected chi connectivity index (χ4v) is 3.55. The summed E-state index contributed by atoms with van der Waals surface area (Å²) in [5.74, 6) is -0.157. The van der Waals surface area contributed by atoms with Crippen LogP contribution in [0.5, 0.6) is 5.75 Å². The highest BCUT2D eigenvalue weighted by molar-refractivity contribution is 5.83. The first-order chi connectivity index (χ1) is 11.3. The van der Waals surface area contributed by atoms with Gasteiger partial charge >= 0.3 is 6.36 Å². The van der Waals surface area contributed by atoms with Crippen LogP contribution in [0.15, 0.2) is 24.3 Å². The highest BCUT2D eigenvalue weighted by atomic mass is 19.4. The summed E-state index contributed by atoms with van der Waals surface area (Å²) >= 11 is 0. The Bertz CT molecular complexity index is 595. The number of nitrogens with one attached hydrogen (secondary N) is 2. The van der Waals surface area contributed by atoms with Crippen LogP contribution in [-0.2, 0) is 4.79 Å². The fourth-order valence-electron chi connectivity index (χ4n) is 3.55. The van der Waals surface area contributed by atoms with Crippen molar-refractivity contribution in [3.8, 4) is 5.75 Å². The standard InChI is InChI=1S/C17H21F3N2O2/c1-11(12-2-4-13(5-3-12)24-17(18,19)20)22-15(23)14-10-16(14)6-8-21-9-7-16/h2-5,11,14,21H,6-10H2,1H3,(H,22,23). The number of ether oxygens (including phenoxy) is 1. The third-order valence-electron chi connectivity index (χ3n) is 5.08. The van der Waals surface area contributed by atoms with E-state index in [0.29, 0.717) is 0 Å². The number of hydrogen-bond donors (Lipinski definition) is 2. The lowest BCUT2D eigenvalue weighted by Gasteiger charge is -2.24. The lowest BCUT2D eigenvalue weighted by atomic mass is 9.91. The molecule has 2 fully saturated rings. The van der Waals surface area contributed by atoms with Crippen LogP contribution in [0.4, 0.5) is 13.2 Å². The van der Waals surface area contributed by atoms with Crippen molar-refractivity contribution in [3.05, 3.63) is 29.8 Å². The number of carbonyl (C=O) groups is 1. The van der Waals surface area contributed by atoms with E-state index in [1.54, 1.807) is 12.1 Å². The molecule has 7 heteroatoms. The van der Waals surface area contributed by atoms with Gasteiger partial charge in [-0.05, 0) is 62.4 Å². The third kappa shape index (κ3) is 3.83. The normalized spacial score (nSPS) is 23.6. The van der Waals surface area contributed by atoms with E-state index in [9.17, 15) is 18.0 Å². The zero-order valence-corrected chi connectivity index (χ0v) is 13.5. The molecule has 24 heavy (non-hydrogen) atoms. The Hall–Kier alpha value is -1.76. The van der Waals surface area contributed by atoms with E-state index in [-0.39, 0.29) is 29.0 Å². The van der Waals surface area contributed by atoms with Crippen molar-refractivity contribution < 1.29 is 22.7 Å². The average Bonchev–Trinajstić information content (AvgIpc) is 3.20. The molecule has 3 rings (SSSR count). The number of piperidine rings is 1. The largest absolute Gasteiger partial charge is 0.573 e. The lowest BCUT2D eigenvalue weighted by Crippen LogP contribution is -2.34. The first-order valence-corrected chi connectivity index (χ1v) is 8.16. The minimum Gasteiger partial charge on any atom is -0.406 e. The summed E-state index contributed by atoms with van der Waals surface area (Å²) in [6.07, 6.45) is -1.70. The summed E-state index contributed by atoms with van der Waals surface area (Å²) in [4.78, 5) is 12.4. The Morgan fingerprint density at radius 2 is 1.92 bits per heavy atom. The van der Waals surface area contributed by atoms with Gasteiger partial charge in [0.25, 0.3) is 0 Å². The van der Waals surface area contributed by atoms with E-state index in [4.69, 9.17) is 0 Å². The number of carbonyl (C=O) groups excluding carboxylic acids is 1. The predicted molar refractivity (Wildman–Crippen MR) is 82.3 cm³/mol. The van der Waals surface area contributed by atoms with E-state index in [1.165, 1.54) is 12.1 Å². The fraction of sp³-hybridized carbons (Fsp3) is 0.588. The van der Waals surface area contributed by atoms with Gasteiger partial charge in [-0.3, -0.25) is 4.79 Å². The van der Waals surface area contributed by atoms with Crippen molar-refractivity contribution in [2.24, 2.45) is 11.3 Å². The molecular formula is C17H21F3N2O2. The van der Waals surface area contributed by atoms with E-state index in [0.717, 1.165) is 37.9 Å². The van der Waals surface area contributed by atoms with E-state index in [1.807, 2.05) is 6.92 Å². The van der Waals surface area contributed by atoms with Gasteiger partial charge in [0.1, 0.15) is 5.75 Å². The smallest absolute Gasteiger partial charge is 0.406 e. The second-order valence-corrected chi connectivity index (χ2v) is 6.72. The van der Waals surface area contributed by atoms with Crippen LogP contribution in [-0.4, -0.2) is 25.4 Å². The van der Waals surface area contributed by atoms with Gasteiger partial charge in [-0.2, -0.15) is 0 Å². The minimum absolute atomic E-state index is 0.0417. The van der Waals surface area contributed by atoms with Gasteiger partial charge in [0, 0.05) is 5.92 Å². The number of halogens is 3.